The molecule has 0 aromatic carbocycles. The number of hydrogen-bond acceptors (Lipinski definition) is 2. The van der Waals surface area contributed by atoms with Gasteiger partial charge >= 0.3 is 0 Å². The molecule has 3 heteroatoms. The normalized spacial score (nSPS) is 9.44. The van der Waals surface area contributed by atoms with Crippen molar-refractivity contribution in [3.05, 3.63) is 12.2 Å². The van der Waals surface area contributed by atoms with Crippen LogP contribution >= 0.6 is 0 Å². The molecule has 50 valence electrons. The van der Waals surface area contributed by atoms with Crippen LogP contribution in [-0.2, 0) is 4.79 Å². The molecule has 0 radical (unpaired) electrons. The SMILES string of the molecule is C=NC/C=C/C(=O)NC. The number of amides is 1. The monoisotopic (exact) mass is 126 g/mol. The van der Waals surface area contributed by atoms with Crippen molar-refractivity contribution >= 4 is 12.6 Å². The zero-order valence-corrected chi connectivity index (χ0v) is 5.42. The highest BCUT2D eigenvalue weighted by molar-refractivity contribution is 5.87. The molecule has 0 aliphatic rings. The minimum absolute atomic E-state index is 0.112. The predicted molar refractivity (Wildman–Crippen MR) is 37.6 cm³/mol. The second kappa shape index (κ2) is 5.03. The smallest absolute Gasteiger partial charge is 0.243 e. The maximum absolute atomic E-state index is 10.4. The van der Waals surface area contributed by atoms with Crippen molar-refractivity contribution in [2.24, 2.45) is 4.99 Å². The average Bonchev–Trinajstić information content (AvgIpc) is 1.89. The second-order valence-corrected chi connectivity index (χ2v) is 1.42. The van der Waals surface area contributed by atoms with Crippen molar-refractivity contribution in [3.8, 4) is 0 Å². The molecule has 9 heavy (non-hydrogen) atoms. The van der Waals surface area contributed by atoms with Gasteiger partial charge in [0.25, 0.3) is 0 Å². The highest BCUT2D eigenvalue weighted by Gasteiger charge is 1.83. The van der Waals surface area contributed by atoms with Crippen LogP contribution in [0.4, 0.5) is 0 Å². The van der Waals surface area contributed by atoms with Gasteiger partial charge in [-0.15, -0.1) is 0 Å². The van der Waals surface area contributed by atoms with Crippen LogP contribution in [0.25, 0.3) is 0 Å². The fourth-order valence-electron chi connectivity index (χ4n) is 0.318. The molecule has 0 unspecified atom stereocenters. The lowest BCUT2D eigenvalue weighted by atomic mass is 10.5. The number of hydrogen-bond donors (Lipinski definition) is 1. The molecule has 0 aliphatic carbocycles. The van der Waals surface area contributed by atoms with E-state index in [0.29, 0.717) is 6.54 Å². The standard InChI is InChI=1S/C6H10N2O/c1-7-5-3-4-6(9)8-2/h3-4H,1,5H2,2H3,(H,8,9)/b4-3+. The lowest BCUT2D eigenvalue weighted by Crippen LogP contribution is -2.14. The van der Waals surface area contributed by atoms with E-state index >= 15 is 0 Å². The van der Waals surface area contributed by atoms with Gasteiger partial charge in [0.2, 0.25) is 5.91 Å². The summed E-state index contributed by atoms with van der Waals surface area (Å²) >= 11 is 0. The molecule has 0 saturated heterocycles. The molecule has 0 aromatic heterocycles. The van der Waals surface area contributed by atoms with Crippen molar-refractivity contribution in [1.29, 1.82) is 0 Å². The molecule has 0 atom stereocenters. The van der Waals surface area contributed by atoms with Gasteiger partial charge in [0.05, 0.1) is 6.54 Å². The van der Waals surface area contributed by atoms with Crippen molar-refractivity contribution in [1.82, 2.24) is 5.32 Å². The van der Waals surface area contributed by atoms with E-state index < -0.39 is 0 Å². The van der Waals surface area contributed by atoms with Crippen LogP contribution in [0.15, 0.2) is 17.1 Å². The Morgan fingerprint density at radius 3 is 3.00 bits per heavy atom. The minimum Gasteiger partial charge on any atom is -0.356 e. The molecule has 0 heterocycles. The van der Waals surface area contributed by atoms with Crippen LogP contribution in [0.5, 0.6) is 0 Å². The van der Waals surface area contributed by atoms with Crippen LogP contribution in [0, 0.1) is 0 Å². The maximum atomic E-state index is 10.4. The van der Waals surface area contributed by atoms with Crippen molar-refractivity contribution in [2.45, 2.75) is 0 Å². The predicted octanol–water partition coefficient (Wildman–Crippen LogP) is -0.0108. The summed E-state index contributed by atoms with van der Waals surface area (Å²) in [6, 6.07) is 0. The summed E-state index contributed by atoms with van der Waals surface area (Å²) in [5.74, 6) is -0.112. The Balaban J connectivity index is 3.43. The molecular formula is C6H10N2O. The van der Waals surface area contributed by atoms with E-state index in [1.807, 2.05) is 0 Å². The van der Waals surface area contributed by atoms with Crippen molar-refractivity contribution in [2.75, 3.05) is 13.6 Å². The summed E-state index contributed by atoms with van der Waals surface area (Å²) in [7, 11) is 1.58. The Bertz CT molecular complexity index is 129. The van der Waals surface area contributed by atoms with Crippen molar-refractivity contribution < 1.29 is 4.79 Å². The summed E-state index contributed by atoms with van der Waals surface area (Å²) < 4.78 is 0. The number of rotatable bonds is 3. The Morgan fingerprint density at radius 1 is 1.89 bits per heavy atom. The van der Waals surface area contributed by atoms with Gasteiger partial charge in [-0.2, -0.15) is 0 Å². The summed E-state index contributed by atoms with van der Waals surface area (Å²) in [6.45, 7) is 3.74. The highest BCUT2D eigenvalue weighted by atomic mass is 16.1. The van der Waals surface area contributed by atoms with Crippen LogP contribution < -0.4 is 5.32 Å². The fraction of sp³-hybridized carbons (Fsp3) is 0.333. The van der Waals surface area contributed by atoms with E-state index in [4.69, 9.17) is 0 Å². The molecule has 0 fully saturated rings. The number of nitrogens with one attached hydrogen (secondary N) is 1. The van der Waals surface area contributed by atoms with Gasteiger partial charge in [0.15, 0.2) is 0 Å². The van der Waals surface area contributed by atoms with Crippen molar-refractivity contribution in [3.63, 3.8) is 0 Å². The van der Waals surface area contributed by atoms with E-state index in [2.05, 4.69) is 17.0 Å². The number of nitrogens with zero attached hydrogens (tertiary/aromatic N) is 1. The van der Waals surface area contributed by atoms with Gasteiger partial charge in [0, 0.05) is 13.1 Å². The molecule has 1 N–H and O–H groups in total. The first kappa shape index (κ1) is 7.88. The van der Waals surface area contributed by atoms with Crippen LogP contribution in [0.2, 0.25) is 0 Å². The van der Waals surface area contributed by atoms with Crippen LogP contribution in [0.3, 0.4) is 0 Å². The van der Waals surface area contributed by atoms with E-state index in [-0.39, 0.29) is 5.91 Å². The summed E-state index contributed by atoms with van der Waals surface area (Å²) in [5, 5.41) is 2.44. The van der Waals surface area contributed by atoms with Crippen LogP contribution in [-0.4, -0.2) is 26.2 Å². The summed E-state index contributed by atoms with van der Waals surface area (Å²) in [4.78, 5) is 14.0. The van der Waals surface area contributed by atoms with Gasteiger partial charge in [-0.25, -0.2) is 0 Å². The molecule has 3 nitrogen and oxygen atoms in total. The van der Waals surface area contributed by atoms with E-state index in [1.165, 1.54) is 6.08 Å². The quantitative estimate of drug-likeness (QED) is 0.419. The maximum Gasteiger partial charge on any atom is 0.243 e. The van der Waals surface area contributed by atoms with Gasteiger partial charge in [-0.3, -0.25) is 9.79 Å². The zero-order chi connectivity index (χ0) is 7.11. The number of carbonyl (C=O) groups is 1. The van der Waals surface area contributed by atoms with E-state index in [9.17, 15) is 4.79 Å². The summed E-state index contributed by atoms with van der Waals surface area (Å²) in [6.07, 6.45) is 3.07. The topological polar surface area (TPSA) is 41.5 Å². The number of carbonyl (C=O) groups excluding carboxylic acids is 1. The third kappa shape index (κ3) is 4.74. The van der Waals surface area contributed by atoms with Gasteiger partial charge < -0.3 is 5.32 Å². The molecule has 0 saturated carbocycles. The molecule has 1 amide bonds. The fourth-order valence-corrected chi connectivity index (χ4v) is 0.318. The molecule has 0 aromatic rings. The Kier molecular flexibility index (Phi) is 4.40. The molecule has 0 bridgehead atoms. The van der Waals surface area contributed by atoms with Gasteiger partial charge in [-0.1, -0.05) is 6.08 Å². The third-order valence-corrected chi connectivity index (χ3v) is 0.750. The Morgan fingerprint density at radius 2 is 2.56 bits per heavy atom. The lowest BCUT2D eigenvalue weighted by Gasteiger charge is -1.86. The van der Waals surface area contributed by atoms with Gasteiger partial charge in [-0.05, 0) is 6.72 Å². The third-order valence-electron chi connectivity index (χ3n) is 0.750. The lowest BCUT2D eigenvalue weighted by molar-refractivity contribution is -0.116. The molecule has 0 spiro atoms. The van der Waals surface area contributed by atoms with E-state index in [0.717, 1.165) is 0 Å². The molecular weight excluding hydrogens is 116 g/mol. The largest absolute Gasteiger partial charge is 0.356 e. The van der Waals surface area contributed by atoms with Crippen LogP contribution in [0.1, 0.15) is 0 Å². The average molecular weight is 126 g/mol. The second-order valence-electron chi connectivity index (χ2n) is 1.42. The number of likely N-dealkylation sites (N-methyl/N-ethyl adjacent to an activating group) is 1. The van der Waals surface area contributed by atoms with E-state index in [1.54, 1.807) is 13.1 Å². The van der Waals surface area contributed by atoms with Gasteiger partial charge in [0.1, 0.15) is 0 Å². The Hall–Kier alpha value is -1.12. The minimum atomic E-state index is -0.112. The first-order valence-electron chi connectivity index (χ1n) is 2.62. The Labute approximate surface area is 54.5 Å². The molecule has 0 aliphatic heterocycles. The number of aliphatic imine (C=N–C) groups is 1. The highest BCUT2D eigenvalue weighted by Crippen LogP contribution is 1.72. The first-order chi connectivity index (χ1) is 4.31. The summed E-state index contributed by atoms with van der Waals surface area (Å²) in [5.41, 5.74) is 0. The zero-order valence-electron chi connectivity index (χ0n) is 5.42. The molecule has 0 rings (SSSR count). The first-order valence-corrected chi connectivity index (χ1v) is 2.62.